The van der Waals surface area contributed by atoms with E-state index >= 15 is 0 Å². The normalized spacial score (nSPS) is 27.2. The van der Waals surface area contributed by atoms with Crippen LogP contribution in [0.1, 0.15) is 24.0 Å². The molecule has 10 heteroatoms. The standard InChI is InChI=1S/C24H23FN4O5/c1-34-14-5-2-12(3-6-14)11-29-21(31)19-17(8-9-18(26)30)28-24(20(19)22(29)32)15-10-13(25)4-7-16(15)27-23(24)33/h2-7,10,17,19-20,28H,8-9,11H2,1H3,(H2,26,30)(H,27,33)/t17-,19+,20-,24+/m0/s1. The minimum Gasteiger partial charge on any atom is -0.497 e. The molecule has 0 aromatic heterocycles. The van der Waals surface area contributed by atoms with Gasteiger partial charge < -0.3 is 15.8 Å². The average Bonchev–Trinajstić information content (AvgIpc) is 3.39. The molecule has 5 rings (SSSR count). The predicted molar refractivity (Wildman–Crippen MR) is 118 cm³/mol. The van der Waals surface area contributed by atoms with Crippen LogP contribution in [0.25, 0.3) is 0 Å². The summed E-state index contributed by atoms with van der Waals surface area (Å²) < 4.78 is 19.4. The lowest BCUT2D eigenvalue weighted by atomic mass is 9.76. The second kappa shape index (κ2) is 7.91. The highest BCUT2D eigenvalue weighted by Gasteiger charge is 2.70. The first-order chi connectivity index (χ1) is 16.3. The van der Waals surface area contributed by atoms with E-state index in [1.165, 1.54) is 25.3 Å². The van der Waals surface area contributed by atoms with Gasteiger partial charge >= 0.3 is 0 Å². The molecule has 2 saturated heterocycles. The molecule has 4 N–H and O–H groups in total. The van der Waals surface area contributed by atoms with Crippen molar-refractivity contribution in [2.24, 2.45) is 17.6 Å². The van der Waals surface area contributed by atoms with Crippen LogP contribution in [0.15, 0.2) is 42.5 Å². The molecule has 176 valence electrons. The van der Waals surface area contributed by atoms with Gasteiger partial charge in [-0.05, 0) is 42.3 Å². The van der Waals surface area contributed by atoms with Crippen LogP contribution in [-0.4, -0.2) is 41.7 Å². The van der Waals surface area contributed by atoms with E-state index in [-0.39, 0.29) is 24.9 Å². The molecule has 3 aliphatic rings. The number of halogens is 1. The number of ether oxygens (including phenoxy) is 1. The monoisotopic (exact) mass is 466 g/mol. The van der Waals surface area contributed by atoms with Crippen LogP contribution in [0.3, 0.4) is 0 Å². The minimum atomic E-state index is -1.62. The summed E-state index contributed by atoms with van der Waals surface area (Å²) in [7, 11) is 1.54. The quantitative estimate of drug-likeness (QED) is 0.545. The van der Waals surface area contributed by atoms with Crippen molar-refractivity contribution in [1.29, 1.82) is 0 Å². The Balaban J connectivity index is 1.56. The Kier molecular flexibility index (Phi) is 5.12. The number of anilines is 1. The summed E-state index contributed by atoms with van der Waals surface area (Å²) in [6.07, 6.45) is 0.125. The van der Waals surface area contributed by atoms with Crippen molar-refractivity contribution in [2.45, 2.75) is 31.0 Å². The Hall–Kier alpha value is -3.79. The van der Waals surface area contributed by atoms with Crippen molar-refractivity contribution in [3.05, 3.63) is 59.4 Å². The molecule has 3 heterocycles. The number of hydrogen-bond acceptors (Lipinski definition) is 6. The molecule has 3 aliphatic heterocycles. The zero-order valence-corrected chi connectivity index (χ0v) is 18.3. The topological polar surface area (TPSA) is 131 Å². The van der Waals surface area contributed by atoms with Crippen LogP contribution in [0, 0.1) is 17.7 Å². The molecular formula is C24H23FN4O5. The number of carbonyl (C=O) groups excluding carboxylic acids is 4. The molecule has 4 amide bonds. The molecule has 2 fully saturated rings. The van der Waals surface area contributed by atoms with E-state index in [0.29, 0.717) is 17.0 Å². The Labute approximate surface area is 194 Å². The van der Waals surface area contributed by atoms with Crippen molar-refractivity contribution >= 4 is 29.3 Å². The molecule has 4 atom stereocenters. The van der Waals surface area contributed by atoms with Gasteiger partial charge in [0.25, 0.3) is 0 Å². The van der Waals surface area contributed by atoms with E-state index in [9.17, 15) is 23.6 Å². The fraction of sp³-hybridized carbons (Fsp3) is 0.333. The van der Waals surface area contributed by atoms with Gasteiger partial charge in [-0.1, -0.05) is 12.1 Å². The molecule has 0 bridgehead atoms. The summed E-state index contributed by atoms with van der Waals surface area (Å²) in [6, 6.07) is 10.1. The first-order valence-corrected chi connectivity index (χ1v) is 10.9. The molecule has 34 heavy (non-hydrogen) atoms. The summed E-state index contributed by atoms with van der Waals surface area (Å²) in [4.78, 5) is 53.1. The van der Waals surface area contributed by atoms with Gasteiger partial charge in [-0.15, -0.1) is 0 Å². The van der Waals surface area contributed by atoms with Gasteiger partial charge in [0.05, 0.1) is 25.5 Å². The third kappa shape index (κ3) is 3.17. The Bertz CT molecular complexity index is 1220. The Morgan fingerprint density at radius 2 is 1.88 bits per heavy atom. The second-order valence-corrected chi connectivity index (χ2v) is 8.82. The number of hydrogen-bond donors (Lipinski definition) is 3. The summed E-state index contributed by atoms with van der Waals surface area (Å²) in [5, 5.41) is 5.86. The zero-order valence-electron chi connectivity index (χ0n) is 18.3. The van der Waals surface area contributed by atoms with Crippen LogP contribution in [0.4, 0.5) is 10.1 Å². The van der Waals surface area contributed by atoms with Crippen LogP contribution >= 0.6 is 0 Å². The first-order valence-electron chi connectivity index (χ1n) is 10.9. The maximum absolute atomic E-state index is 14.2. The number of nitrogens with two attached hydrogens (primary N) is 1. The van der Waals surface area contributed by atoms with Gasteiger partial charge in [0, 0.05) is 23.7 Å². The van der Waals surface area contributed by atoms with Gasteiger partial charge in [-0.3, -0.25) is 29.4 Å². The number of primary amides is 1. The van der Waals surface area contributed by atoms with Gasteiger partial charge in [0.2, 0.25) is 23.6 Å². The van der Waals surface area contributed by atoms with E-state index in [1.807, 2.05) is 0 Å². The van der Waals surface area contributed by atoms with Crippen LogP contribution in [0.5, 0.6) is 5.75 Å². The molecule has 0 unspecified atom stereocenters. The Morgan fingerprint density at radius 3 is 2.56 bits per heavy atom. The number of likely N-dealkylation sites (tertiary alicyclic amines) is 1. The smallest absolute Gasteiger partial charge is 0.250 e. The van der Waals surface area contributed by atoms with Gasteiger partial charge in [0.1, 0.15) is 17.1 Å². The number of nitrogens with one attached hydrogen (secondary N) is 2. The maximum Gasteiger partial charge on any atom is 0.250 e. The van der Waals surface area contributed by atoms with E-state index in [0.717, 1.165) is 4.90 Å². The molecular weight excluding hydrogens is 443 g/mol. The van der Waals surface area contributed by atoms with Crippen molar-refractivity contribution in [3.8, 4) is 5.75 Å². The predicted octanol–water partition coefficient (Wildman–Crippen LogP) is 1.02. The highest BCUT2D eigenvalue weighted by atomic mass is 19.1. The number of benzene rings is 2. The van der Waals surface area contributed by atoms with E-state index in [1.54, 1.807) is 24.3 Å². The lowest BCUT2D eigenvalue weighted by Gasteiger charge is -2.29. The minimum absolute atomic E-state index is 0.0188. The van der Waals surface area contributed by atoms with Crippen LogP contribution in [-0.2, 0) is 31.3 Å². The van der Waals surface area contributed by atoms with Crippen molar-refractivity contribution in [3.63, 3.8) is 0 Å². The lowest BCUT2D eigenvalue weighted by molar-refractivity contribution is -0.143. The molecule has 2 aromatic carbocycles. The number of imide groups is 1. The number of fused-ring (bicyclic) bond motifs is 4. The SMILES string of the molecule is COc1ccc(CN2C(=O)[C@@H]3[C@H](CCC(N)=O)N[C@@]4(C(=O)Nc5ccc(F)cc54)[C@@H]3C2=O)cc1. The summed E-state index contributed by atoms with van der Waals surface area (Å²) in [5.74, 6) is -3.97. The summed E-state index contributed by atoms with van der Waals surface area (Å²) in [6.45, 7) is 0.0188. The molecule has 0 aliphatic carbocycles. The van der Waals surface area contributed by atoms with E-state index < -0.39 is 52.9 Å². The molecule has 1 spiro atoms. The van der Waals surface area contributed by atoms with E-state index in [4.69, 9.17) is 10.5 Å². The number of methoxy groups -OCH3 is 1. The fourth-order valence-electron chi connectivity index (χ4n) is 5.45. The maximum atomic E-state index is 14.2. The number of nitrogens with zero attached hydrogens (tertiary/aromatic N) is 1. The third-order valence-corrected chi connectivity index (χ3v) is 6.97. The number of amides is 4. The Morgan fingerprint density at radius 1 is 1.15 bits per heavy atom. The van der Waals surface area contributed by atoms with Crippen LogP contribution < -0.4 is 21.1 Å². The number of carbonyl (C=O) groups is 4. The van der Waals surface area contributed by atoms with Crippen molar-refractivity contribution in [1.82, 2.24) is 10.2 Å². The van der Waals surface area contributed by atoms with Crippen LogP contribution in [0.2, 0.25) is 0 Å². The second-order valence-electron chi connectivity index (χ2n) is 8.82. The number of rotatable bonds is 6. The zero-order chi connectivity index (χ0) is 24.2. The van der Waals surface area contributed by atoms with Gasteiger partial charge in [0.15, 0.2) is 0 Å². The molecule has 9 nitrogen and oxygen atoms in total. The average molecular weight is 466 g/mol. The fourth-order valence-corrected chi connectivity index (χ4v) is 5.45. The third-order valence-electron chi connectivity index (χ3n) is 6.97. The highest BCUT2D eigenvalue weighted by Crippen LogP contribution is 2.53. The summed E-state index contributed by atoms with van der Waals surface area (Å²) in [5.41, 5.74) is 5.07. The lowest BCUT2D eigenvalue weighted by Crippen LogP contribution is -2.53. The summed E-state index contributed by atoms with van der Waals surface area (Å²) >= 11 is 0. The van der Waals surface area contributed by atoms with Gasteiger partial charge in [-0.25, -0.2) is 4.39 Å². The first kappa shape index (κ1) is 22.0. The van der Waals surface area contributed by atoms with E-state index in [2.05, 4.69) is 10.6 Å². The molecule has 0 radical (unpaired) electrons. The van der Waals surface area contributed by atoms with Crippen molar-refractivity contribution in [2.75, 3.05) is 12.4 Å². The van der Waals surface area contributed by atoms with Gasteiger partial charge in [-0.2, -0.15) is 0 Å². The largest absolute Gasteiger partial charge is 0.497 e. The van der Waals surface area contributed by atoms with Crippen molar-refractivity contribution < 1.29 is 28.3 Å². The molecule has 0 saturated carbocycles. The highest BCUT2D eigenvalue weighted by molar-refractivity contribution is 6.15. The molecule has 2 aromatic rings.